The molecule has 0 aliphatic rings. The maximum absolute atomic E-state index is 13.8. The van der Waals surface area contributed by atoms with Crippen LogP contribution in [0, 0.1) is 11.6 Å². The second-order valence-corrected chi connectivity index (χ2v) is 7.54. The first kappa shape index (κ1) is 19.1. The summed E-state index contributed by atoms with van der Waals surface area (Å²) in [5.74, 6) is -1.63. The summed E-state index contributed by atoms with van der Waals surface area (Å²) < 4.78 is 27.1. The number of hydrogen-bond acceptors (Lipinski definition) is 2. The highest BCUT2D eigenvalue weighted by Crippen LogP contribution is 2.38. The number of thioether (sulfide) groups is 1. The molecule has 3 aromatic carbocycles. The number of rotatable bonds is 6. The Morgan fingerprint density at radius 2 is 1.44 bits per heavy atom. The molecule has 2 nitrogen and oxygen atoms in total. The second-order valence-electron chi connectivity index (χ2n) is 6.09. The van der Waals surface area contributed by atoms with E-state index in [9.17, 15) is 13.6 Å². The van der Waals surface area contributed by atoms with Crippen molar-refractivity contribution in [3.05, 3.63) is 102 Å². The van der Waals surface area contributed by atoms with Crippen LogP contribution in [-0.4, -0.2) is 11.2 Å². The standard InChI is InChI=1S/C22H19F2NOS/c1-15(22(26)25-20-14-18(23)12-13-19(20)24)27-21(16-8-4-2-5-9-16)17-10-6-3-7-11-17/h2-15,21H,1H3,(H,25,26). The van der Waals surface area contributed by atoms with Gasteiger partial charge in [0.1, 0.15) is 11.6 Å². The zero-order valence-corrected chi connectivity index (χ0v) is 15.5. The predicted molar refractivity (Wildman–Crippen MR) is 107 cm³/mol. The number of carbonyl (C=O) groups is 1. The van der Waals surface area contributed by atoms with Gasteiger partial charge in [-0.2, -0.15) is 0 Å². The summed E-state index contributed by atoms with van der Waals surface area (Å²) in [6.45, 7) is 1.76. The summed E-state index contributed by atoms with van der Waals surface area (Å²) in [6.07, 6.45) is 0. The number of nitrogens with one attached hydrogen (secondary N) is 1. The summed E-state index contributed by atoms with van der Waals surface area (Å²) >= 11 is 1.46. The van der Waals surface area contributed by atoms with E-state index < -0.39 is 16.9 Å². The highest BCUT2D eigenvalue weighted by molar-refractivity contribution is 8.01. The highest BCUT2D eigenvalue weighted by atomic mass is 32.2. The second kappa shape index (κ2) is 8.82. The van der Waals surface area contributed by atoms with Gasteiger partial charge >= 0.3 is 0 Å². The monoisotopic (exact) mass is 383 g/mol. The van der Waals surface area contributed by atoms with Gasteiger partial charge in [-0.3, -0.25) is 4.79 Å². The average molecular weight is 383 g/mol. The Hall–Kier alpha value is -2.66. The fraction of sp³-hybridized carbons (Fsp3) is 0.136. The Labute approximate surface area is 161 Å². The third-order valence-corrected chi connectivity index (χ3v) is 5.54. The third kappa shape index (κ3) is 4.95. The van der Waals surface area contributed by atoms with Gasteiger partial charge in [0, 0.05) is 6.07 Å². The van der Waals surface area contributed by atoms with Gasteiger partial charge in [-0.1, -0.05) is 60.7 Å². The molecule has 0 aliphatic heterocycles. The van der Waals surface area contributed by atoms with E-state index in [0.29, 0.717) is 0 Å². The summed E-state index contributed by atoms with van der Waals surface area (Å²) in [6, 6.07) is 22.8. The minimum atomic E-state index is -0.662. The molecule has 3 rings (SSSR count). The SMILES string of the molecule is CC(SC(c1ccccc1)c1ccccc1)C(=O)Nc1cc(F)ccc1F. The van der Waals surface area contributed by atoms with Crippen molar-refractivity contribution in [1.82, 2.24) is 0 Å². The lowest BCUT2D eigenvalue weighted by Crippen LogP contribution is -2.24. The molecule has 0 saturated heterocycles. The van der Waals surface area contributed by atoms with Crippen LogP contribution in [0.1, 0.15) is 23.3 Å². The van der Waals surface area contributed by atoms with Gasteiger partial charge < -0.3 is 5.32 Å². The topological polar surface area (TPSA) is 29.1 Å². The first-order chi connectivity index (χ1) is 13.0. The molecule has 1 amide bonds. The van der Waals surface area contributed by atoms with Crippen molar-refractivity contribution >= 4 is 23.4 Å². The largest absolute Gasteiger partial charge is 0.323 e. The van der Waals surface area contributed by atoms with Crippen LogP contribution in [0.2, 0.25) is 0 Å². The van der Waals surface area contributed by atoms with Crippen LogP contribution in [-0.2, 0) is 4.79 Å². The van der Waals surface area contributed by atoms with E-state index in [1.54, 1.807) is 6.92 Å². The van der Waals surface area contributed by atoms with Crippen LogP contribution in [0.25, 0.3) is 0 Å². The minimum Gasteiger partial charge on any atom is -0.323 e. The molecule has 0 spiro atoms. The van der Waals surface area contributed by atoms with Gasteiger partial charge in [0.2, 0.25) is 5.91 Å². The summed E-state index contributed by atoms with van der Waals surface area (Å²) in [5, 5.41) is 1.96. The van der Waals surface area contributed by atoms with Gasteiger partial charge in [-0.15, -0.1) is 11.8 Å². The molecule has 0 fully saturated rings. The quantitative estimate of drug-likeness (QED) is 0.582. The van der Waals surface area contributed by atoms with E-state index in [4.69, 9.17) is 0 Å². The van der Waals surface area contributed by atoms with Crippen LogP contribution < -0.4 is 5.32 Å². The molecular weight excluding hydrogens is 364 g/mol. The molecule has 0 saturated carbocycles. The summed E-state index contributed by atoms with van der Waals surface area (Å²) in [5.41, 5.74) is 2.00. The van der Waals surface area contributed by atoms with Crippen LogP contribution in [0.15, 0.2) is 78.9 Å². The van der Waals surface area contributed by atoms with Crippen molar-refractivity contribution in [3.63, 3.8) is 0 Å². The zero-order chi connectivity index (χ0) is 19.2. The minimum absolute atomic E-state index is 0.0505. The fourth-order valence-corrected chi connectivity index (χ4v) is 3.92. The number of amides is 1. The lowest BCUT2D eigenvalue weighted by molar-refractivity contribution is -0.115. The van der Waals surface area contributed by atoms with Crippen molar-refractivity contribution < 1.29 is 13.6 Å². The van der Waals surface area contributed by atoms with Gasteiger partial charge in [0.05, 0.1) is 16.2 Å². The van der Waals surface area contributed by atoms with Crippen molar-refractivity contribution in [2.24, 2.45) is 0 Å². The van der Waals surface area contributed by atoms with E-state index in [1.165, 1.54) is 11.8 Å². The Balaban J connectivity index is 1.79. The highest BCUT2D eigenvalue weighted by Gasteiger charge is 2.23. The number of hydrogen-bond donors (Lipinski definition) is 1. The molecule has 0 aliphatic carbocycles. The molecule has 1 unspecified atom stereocenters. The molecule has 0 heterocycles. The molecular formula is C22H19F2NOS. The molecule has 1 atom stereocenters. The van der Waals surface area contributed by atoms with Crippen molar-refractivity contribution in [3.8, 4) is 0 Å². The van der Waals surface area contributed by atoms with Crippen molar-refractivity contribution in [2.45, 2.75) is 17.4 Å². The van der Waals surface area contributed by atoms with Crippen LogP contribution in [0.4, 0.5) is 14.5 Å². The molecule has 27 heavy (non-hydrogen) atoms. The Kier molecular flexibility index (Phi) is 6.24. The van der Waals surface area contributed by atoms with E-state index in [0.717, 1.165) is 29.3 Å². The van der Waals surface area contributed by atoms with Crippen LogP contribution in [0.3, 0.4) is 0 Å². The van der Waals surface area contributed by atoms with E-state index in [-0.39, 0.29) is 16.8 Å². The predicted octanol–water partition coefficient (Wildman–Crippen LogP) is 5.81. The van der Waals surface area contributed by atoms with Gasteiger partial charge in [0.25, 0.3) is 0 Å². The first-order valence-electron chi connectivity index (χ1n) is 8.56. The lowest BCUT2D eigenvalue weighted by Gasteiger charge is -2.21. The molecule has 138 valence electrons. The number of benzene rings is 3. The van der Waals surface area contributed by atoms with Crippen LogP contribution >= 0.6 is 11.8 Å². The van der Waals surface area contributed by atoms with E-state index in [1.807, 2.05) is 60.7 Å². The van der Waals surface area contributed by atoms with Gasteiger partial charge in [0.15, 0.2) is 0 Å². The zero-order valence-electron chi connectivity index (χ0n) is 14.7. The third-order valence-electron chi connectivity index (χ3n) is 4.10. The molecule has 0 radical (unpaired) electrons. The Morgan fingerprint density at radius 1 is 0.889 bits per heavy atom. The summed E-state index contributed by atoms with van der Waals surface area (Å²) in [4.78, 5) is 12.6. The van der Waals surface area contributed by atoms with E-state index >= 15 is 0 Å². The molecule has 1 N–H and O–H groups in total. The van der Waals surface area contributed by atoms with Crippen molar-refractivity contribution in [1.29, 1.82) is 0 Å². The first-order valence-corrected chi connectivity index (χ1v) is 9.50. The summed E-state index contributed by atoms with van der Waals surface area (Å²) in [7, 11) is 0. The molecule has 0 aromatic heterocycles. The van der Waals surface area contributed by atoms with Gasteiger partial charge in [-0.05, 0) is 30.2 Å². The Bertz CT molecular complexity index is 863. The van der Waals surface area contributed by atoms with Crippen molar-refractivity contribution in [2.75, 3.05) is 5.32 Å². The number of anilines is 1. The normalized spacial score (nSPS) is 12.0. The molecule has 5 heteroatoms. The molecule has 3 aromatic rings. The molecule has 0 bridgehead atoms. The number of carbonyl (C=O) groups excluding carboxylic acids is 1. The van der Waals surface area contributed by atoms with Gasteiger partial charge in [-0.25, -0.2) is 8.78 Å². The smallest absolute Gasteiger partial charge is 0.237 e. The van der Waals surface area contributed by atoms with E-state index in [2.05, 4.69) is 5.32 Å². The lowest BCUT2D eigenvalue weighted by atomic mass is 10.0. The maximum atomic E-state index is 13.8. The Morgan fingerprint density at radius 3 is 2.00 bits per heavy atom. The fourth-order valence-electron chi connectivity index (χ4n) is 2.70. The average Bonchev–Trinajstić information content (AvgIpc) is 2.70. The van der Waals surface area contributed by atoms with Crippen LogP contribution in [0.5, 0.6) is 0 Å². The number of halogens is 2. The maximum Gasteiger partial charge on any atom is 0.237 e.